The highest BCUT2D eigenvalue weighted by molar-refractivity contribution is 6.20. The largest absolute Gasteiger partial charge is 0.207 e. The highest BCUT2D eigenvalue weighted by Crippen LogP contribution is 2.37. The Balaban J connectivity index is 2.07. The van der Waals surface area contributed by atoms with Crippen LogP contribution < -0.4 is 0 Å². The topological polar surface area (TPSA) is 0 Å². The van der Waals surface area contributed by atoms with Gasteiger partial charge in [-0.2, -0.15) is 0 Å². The Hall–Kier alpha value is -0.630. The van der Waals surface area contributed by atoms with Gasteiger partial charge in [0.25, 0.3) is 0 Å². The first-order valence-electron chi connectivity index (χ1n) is 5.76. The molecule has 0 spiro atoms. The van der Waals surface area contributed by atoms with Gasteiger partial charge in [0, 0.05) is 5.56 Å². The van der Waals surface area contributed by atoms with Gasteiger partial charge in [0.2, 0.25) is 0 Å². The number of rotatable bonds is 3. The first-order valence-corrected chi connectivity index (χ1v) is 6.19. The van der Waals surface area contributed by atoms with Crippen molar-refractivity contribution in [2.24, 2.45) is 5.92 Å². The van der Waals surface area contributed by atoms with Crippen LogP contribution in [0.2, 0.25) is 0 Å². The lowest BCUT2D eigenvalue weighted by Gasteiger charge is -2.15. The number of hydrogen-bond acceptors (Lipinski definition) is 0. The SMILES string of the molecule is Fc1ccc(F)c(C(Cl)CC2CCCC2)c1. The van der Waals surface area contributed by atoms with E-state index in [-0.39, 0.29) is 0 Å². The molecule has 0 amide bonds. The van der Waals surface area contributed by atoms with Crippen molar-refractivity contribution in [3.63, 3.8) is 0 Å². The molecule has 1 saturated carbocycles. The summed E-state index contributed by atoms with van der Waals surface area (Å²) in [6.45, 7) is 0. The van der Waals surface area contributed by atoms with Crippen LogP contribution in [0.3, 0.4) is 0 Å². The van der Waals surface area contributed by atoms with E-state index >= 15 is 0 Å². The molecule has 1 unspecified atom stereocenters. The van der Waals surface area contributed by atoms with Crippen LogP contribution in [0.15, 0.2) is 18.2 Å². The summed E-state index contributed by atoms with van der Waals surface area (Å²) in [5, 5.41) is -0.404. The summed E-state index contributed by atoms with van der Waals surface area (Å²) in [5.74, 6) is -0.252. The van der Waals surface area contributed by atoms with Crippen molar-refractivity contribution in [2.45, 2.75) is 37.5 Å². The van der Waals surface area contributed by atoms with Gasteiger partial charge in [0.05, 0.1) is 5.38 Å². The molecule has 0 bridgehead atoms. The molecule has 1 atom stereocenters. The van der Waals surface area contributed by atoms with Gasteiger partial charge >= 0.3 is 0 Å². The predicted octanol–water partition coefficient (Wildman–Crippen LogP) is 4.83. The van der Waals surface area contributed by atoms with Crippen molar-refractivity contribution in [1.82, 2.24) is 0 Å². The van der Waals surface area contributed by atoms with E-state index in [1.165, 1.54) is 31.7 Å². The van der Waals surface area contributed by atoms with Crippen molar-refractivity contribution in [3.8, 4) is 0 Å². The van der Waals surface area contributed by atoms with Crippen LogP contribution in [0, 0.1) is 17.6 Å². The molecule has 0 aromatic heterocycles. The lowest BCUT2D eigenvalue weighted by Crippen LogP contribution is -2.02. The number of alkyl halides is 1. The Labute approximate surface area is 99.6 Å². The summed E-state index contributed by atoms with van der Waals surface area (Å²) >= 11 is 6.16. The van der Waals surface area contributed by atoms with Crippen molar-refractivity contribution >= 4 is 11.6 Å². The van der Waals surface area contributed by atoms with E-state index in [1.54, 1.807) is 0 Å². The van der Waals surface area contributed by atoms with Crippen molar-refractivity contribution < 1.29 is 8.78 Å². The molecule has 0 N–H and O–H groups in total. The molecule has 1 aliphatic carbocycles. The van der Waals surface area contributed by atoms with Crippen LogP contribution in [0.1, 0.15) is 43.0 Å². The van der Waals surface area contributed by atoms with Crippen LogP contribution in [0.25, 0.3) is 0 Å². The average Bonchev–Trinajstić information content (AvgIpc) is 2.74. The van der Waals surface area contributed by atoms with Crippen LogP contribution >= 0.6 is 11.6 Å². The van der Waals surface area contributed by atoms with E-state index in [1.807, 2.05) is 0 Å². The maximum atomic E-state index is 13.4. The zero-order chi connectivity index (χ0) is 11.5. The number of halogens is 3. The summed E-state index contributed by atoms with van der Waals surface area (Å²) in [5.41, 5.74) is 0.300. The number of hydrogen-bond donors (Lipinski definition) is 0. The van der Waals surface area contributed by atoms with E-state index in [0.29, 0.717) is 11.5 Å². The summed E-state index contributed by atoms with van der Waals surface area (Å²) in [6.07, 6.45) is 5.56. The lowest BCUT2D eigenvalue weighted by molar-refractivity contribution is 0.484. The van der Waals surface area contributed by atoms with Crippen LogP contribution in [-0.4, -0.2) is 0 Å². The molecule has 0 nitrogen and oxygen atoms in total. The fourth-order valence-corrected chi connectivity index (χ4v) is 2.84. The van der Waals surface area contributed by atoms with Gasteiger partial charge < -0.3 is 0 Å². The molecule has 3 heteroatoms. The Morgan fingerprint density at radius 1 is 1.25 bits per heavy atom. The molecular formula is C13H15ClF2. The molecule has 2 rings (SSSR count). The van der Waals surface area contributed by atoms with Crippen molar-refractivity contribution in [1.29, 1.82) is 0 Å². The molecule has 0 saturated heterocycles. The van der Waals surface area contributed by atoms with Gasteiger partial charge in [0.1, 0.15) is 11.6 Å². The van der Waals surface area contributed by atoms with Gasteiger partial charge in [-0.3, -0.25) is 0 Å². The standard InChI is InChI=1S/C13H15ClF2/c14-12(7-9-3-1-2-4-9)11-8-10(15)5-6-13(11)16/h5-6,8-9,12H,1-4,7H2. The molecule has 1 aromatic rings. The fourth-order valence-electron chi connectivity index (χ4n) is 2.42. The van der Waals surface area contributed by atoms with Gasteiger partial charge in [-0.15, -0.1) is 11.6 Å². The second kappa shape index (κ2) is 5.13. The van der Waals surface area contributed by atoms with E-state index < -0.39 is 17.0 Å². The second-order valence-electron chi connectivity index (χ2n) is 4.52. The van der Waals surface area contributed by atoms with Crippen LogP contribution in [-0.2, 0) is 0 Å². The minimum absolute atomic E-state index is 0.300. The Bertz CT molecular complexity index is 359. The molecule has 1 fully saturated rings. The summed E-state index contributed by atoms with van der Waals surface area (Å²) in [4.78, 5) is 0. The molecule has 1 aromatic carbocycles. The fraction of sp³-hybridized carbons (Fsp3) is 0.538. The van der Waals surface area contributed by atoms with Gasteiger partial charge in [-0.05, 0) is 30.5 Å². The molecule has 0 heterocycles. The molecule has 1 aliphatic rings. The van der Waals surface area contributed by atoms with E-state index in [0.717, 1.165) is 18.6 Å². The van der Waals surface area contributed by atoms with E-state index in [2.05, 4.69) is 0 Å². The van der Waals surface area contributed by atoms with Gasteiger partial charge in [-0.25, -0.2) is 8.78 Å². The van der Waals surface area contributed by atoms with Crippen molar-refractivity contribution in [2.75, 3.05) is 0 Å². The highest BCUT2D eigenvalue weighted by Gasteiger charge is 2.22. The summed E-state index contributed by atoms with van der Waals surface area (Å²) < 4.78 is 26.4. The summed E-state index contributed by atoms with van der Waals surface area (Å²) in [6, 6.07) is 3.48. The Kier molecular flexibility index (Phi) is 3.80. The molecule has 0 radical (unpaired) electrons. The van der Waals surface area contributed by atoms with Gasteiger partial charge in [0.15, 0.2) is 0 Å². The third-order valence-electron chi connectivity index (χ3n) is 3.31. The minimum Gasteiger partial charge on any atom is -0.207 e. The summed E-state index contributed by atoms with van der Waals surface area (Å²) in [7, 11) is 0. The zero-order valence-corrected chi connectivity index (χ0v) is 9.81. The third-order valence-corrected chi connectivity index (χ3v) is 3.72. The quantitative estimate of drug-likeness (QED) is 0.669. The zero-order valence-electron chi connectivity index (χ0n) is 9.06. The third kappa shape index (κ3) is 2.73. The predicted molar refractivity (Wildman–Crippen MR) is 61.5 cm³/mol. The maximum absolute atomic E-state index is 13.4. The van der Waals surface area contributed by atoms with Crippen LogP contribution in [0.4, 0.5) is 8.78 Å². The van der Waals surface area contributed by atoms with Crippen LogP contribution in [0.5, 0.6) is 0 Å². The normalized spacial score (nSPS) is 18.9. The first kappa shape index (κ1) is 11.8. The average molecular weight is 245 g/mol. The smallest absolute Gasteiger partial charge is 0.128 e. The van der Waals surface area contributed by atoms with Gasteiger partial charge in [-0.1, -0.05) is 25.7 Å². The minimum atomic E-state index is -0.423. The monoisotopic (exact) mass is 244 g/mol. The Morgan fingerprint density at radius 2 is 1.94 bits per heavy atom. The van der Waals surface area contributed by atoms with E-state index in [4.69, 9.17) is 11.6 Å². The lowest BCUT2D eigenvalue weighted by atomic mass is 9.97. The van der Waals surface area contributed by atoms with Crippen molar-refractivity contribution in [3.05, 3.63) is 35.4 Å². The Morgan fingerprint density at radius 3 is 2.62 bits per heavy atom. The first-order chi connectivity index (χ1) is 7.66. The number of benzene rings is 1. The molecular weight excluding hydrogens is 230 g/mol. The molecule has 88 valence electrons. The molecule has 0 aliphatic heterocycles. The molecule has 16 heavy (non-hydrogen) atoms. The van der Waals surface area contributed by atoms with E-state index in [9.17, 15) is 8.78 Å². The highest BCUT2D eigenvalue weighted by atomic mass is 35.5. The second-order valence-corrected chi connectivity index (χ2v) is 5.05. The maximum Gasteiger partial charge on any atom is 0.128 e.